The minimum atomic E-state index is 0.750. The van der Waals surface area contributed by atoms with Crippen LogP contribution in [0.1, 0.15) is 90.4 Å². The predicted octanol–water partition coefficient (Wildman–Crippen LogP) is 5.05. The van der Waals surface area contributed by atoms with Gasteiger partial charge in [-0.1, -0.05) is 58.3 Å². The second-order valence-corrected chi connectivity index (χ2v) is 6.74. The Labute approximate surface area is 114 Å². The number of hydrogen-bond donors (Lipinski definition) is 1. The molecule has 2 fully saturated rings. The van der Waals surface area contributed by atoms with Crippen LogP contribution in [0.2, 0.25) is 0 Å². The Hall–Kier alpha value is -0.0400. The fourth-order valence-electron chi connectivity index (χ4n) is 4.05. The zero-order valence-corrected chi connectivity index (χ0v) is 12.5. The predicted molar refractivity (Wildman–Crippen MR) is 79.9 cm³/mol. The summed E-state index contributed by atoms with van der Waals surface area (Å²) in [6.45, 7) is 3.57. The first-order valence-electron chi connectivity index (χ1n) is 8.61. The summed E-state index contributed by atoms with van der Waals surface area (Å²) < 4.78 is 0. The Morgan fingerprint density at radius 3 is 2.28 bits per heavy atom. The van der Waals surface area contributed by atoms with Gasteiger partial charge in [-0.25, -0.2) is 0 Å². The van der Waals surface area contributed by atoms with Gasteiger partial charge in [-0.2, -0.15) is 0 Å². The topological polar surface area (TPSA) is 12.0 Å². The summed E-state index contributed by atoms with van der Waals surface area (Å²) in [5, 5.41) is 3.87. The number of nitrogens with one attached hydrogen (secondary N) is 1. The molecule has 1 nitrogen and oxygen atoms in total. The fourth-order valence-corrected chi connectivity index (χ4v) is 4.05. The lowest BCUT2D eigenvalue weighted by Gasteiger charge is -2.52. The number of rotatable bonds is 8. The van der Waals surface area contributed by atoms with Gasteiger partial charge in [0.15, 0.2) is 0 Å². The van der Waals surface area contributed by atoms with Crippen LogP contribution in [0.5, 0.6) is 0 Å². The molecule has 0 bridgehead atoms. The average molecular weight is 251 g/mol. The van der Waals surface area contributed by atoms with Crippen molar-refractivity contribution in [2.45, 2.75) is 96.4 Å². The van der Waals surface area contributed by atoms with Crippen LogP contribution in [0.4, 0.5) is 0 Å². The molecule has 1 spiro atoms. The molecular formula is C17H33N. The lowest BCUT2D eigenvalue weighted by Crippen LogP contribution is -2.54. The van der Waals surface area contributed by atoms with Crippen molar-refractivity contribution in [1.82, 2.24) is 5.32 Å². The van der Waals surface area contributed by atoms with E-state index < -0.39 is 0 Å². The monoisotopic (exact) mass is 251 g/mol. The molecule has 1 atom stereocenters. The van der Waals surface area contributed by atoms with Crippen LogP contribution in [-0.4, -0.2) is 12.6 Å². The van der Waals surface area contributed by atoms with Gasteiger partial charge in [0, 0.05) is 6.04 Å². The van der Waals surface area contributed by atoms with Gasteiger partial charge < -0.3 is 5.32 Å². The Morgan fingerprint density at radius 2 is 1.61 bits per heavy atom. The molecular weight excluding hydrogens is 218 g/mol. The number of hydrogen-bond acceptors (Lipinski definition) is 1. The number of unbranched alkanes of at least 4 members (excludes halogenated alkanes) is 5. The molecule has 0 amide bonds. The fraction of sp³-hybridized carbons (Fsp3) is 1.00. The van der Waals surface area contributed by atoms with E-state index in [9.17, 15) is 0 Å². The highest BCUT2D eigenvalue weighted by atomic mass is 15.0. The van der Waals surface area contributed by atoms with Crippen molar-refractivity contribution in [2.24, 2.45) is 5.41 Å². The van der Waals surface area contributed by atoms with E-state index in [4.69, 9.17) is 0 Å². The molecule has 2 aliphatic carbocycles. The van der Waals surface area contributed by atoms with Gasteiger partial charge in [0.2, 0.25) is 0 Å². The van der Waals surface area contributed by atoms with Gasteiger partial charge in [-0.15, -0.1) is 0 Å². The SMILES string of the molecule is CCCCCCCCNC1CCC12CCCCC2. The summed E-state index contributed by atoms with van der Waals surface area (Å²) >= 11 is 0. The zero-order valence-electron chi connectivity index (χ0n) is 12.5. The van der Waals surface area contributed by atoms with E-state index >= 15 is 0 Å². The highest BCUT2D eigenvalue weighted by Crippen LogP contribution is 2.51. The van der Waals surface area contributed by atoms with E-state index in [1.165, 1.54) is 90.0 Å². The van der Waals surface area contributed by atoms with Crippen LogP contribution in [-0.2, 0) is 0 Å². The molecule has 2 saturated carbocycles. The Bertz CT molecular complexity index is 218. The quantitative estimate of drug-likeness (QED) is 0.595. The summed E-state index contributed by atoms with van der Waals surface area (Å²) in [6, 6.07) is 0.883. The van der Waals surface area contributed by atoms with E-state index in [-0.39, 0.29) is 0 Å². The molecule has 1 heteroatoms. The summed E-state index contributed by atoms with van der Waals surface area (Å²) in [5.41, 5.74) is 0.750. The average Bonchev–Trinajstić information content (AvgIpc) is 2.41. The molecule has 0 heterocycles. The van der Waals surface area contributed by atoms with Gasteiger partial charge in [-0.05, 0) is 44.1 Å². The van der Waals surface area contributed by atoms with Gasteiger partial charge >= 0.3 is 0 Å². The highest BCUT2D eigenvalue weighted by Gasteiger charge is 2.46. The van der Waals surface area contributed by atoms with Crippen LogP contribution in [0, 0.1) is 5.41 Å². The molecule has 0 radical (unpaired) electrons. The minimum Gasteiger partial charge on any atom is -0.313 e. The largest absolute Gasteiger partial charge is 0.313 e. The third kappa shape index (κ3) is 3.73. The molecule has 0 aromatic heterocycles. The smallest absolute Gasteiger partial charge is 0.0124 e. The third-order valence-electron chi connectivity index (χ3n) is 5.44. The first-order chi connectivity index (χ1) is 8.87. The van der Waals surface area contributed by atoms with E-state index in [2.05, 4.69) is 12.2 Å². The van der Waals surface area contributed by atoms with Crippen LogP contribution in [0.15, 0.2) is 0 Å². The lowest BCUT2D eigenvalue weighted by molar-refractivity contribution is 0.0232. The molecule has 106 valence electrons. The second kappa shape index (κ2) is 7.53. The van der Waals surface area contributed by atoms with E-state index in [0.29, 0.717) is 0 Å². The molecule has 2 rings (SSSR count). The van der Waals surface area contributed by atoms with Crippen molar-refractivity contribution >= 4 is 0 Å². The van der Waals surface area contributed by atoms with Gasteiger partial charge in [0.1, 0.15) is 0 Å². The van der Waals surface area contributed by atoms with Gasteiger partial charge in [0.05, 0.1) is 0 Å². The highest BCUT2D eigenvalue weighted by molar-refractivity contribution is 5.01. The van der Waals surface area contributed by atoms with Crippen LogP contribution >= 0.6 is 0 Å². The maximum atomic E-state index is 3.87. The van der Waals surface area contributed by atoms with Crippen LogP contribution in [0.25, 0.3) is 0 Å². The Balaban J connectivity index is 1.51. The van der Waals surface area contributed by atoms with Crippen LogP contribution < -0.4 is 5.32 Å². The summed E-state index contributed by atoms with van der Waals surface area (Å²) in [4.78, 5) is 0. The first-order valence-corrected chi connectivity index (χ1v) is 8.61. The molecule has 18 heavy (non-hydrogen) atoms. The van der Waals surface area contributed by atoms with Gasteiger partial charge in [-0.3, -0.25) is 0 Å². The molecule has 1 N–H and O–H groups in total. The maximum absolute atomic E-state index is 3.87. The van der Waals surface area contributed by atoms with Crippen molar-refractivity contribution in [1.29, 1.82) is 0 Å². The molecule has 0 aromatic carbocycles. The lowest BCUT2D eigenvalue weighted by atomic mass is 9.57. The molecule has 2 aliphatic rings. The Kier molecular flexibility index (Phi) is 6.01. The standard InChI is InChI=1S/C17H33N/c1-2-3-4-5-6-10-15-18-16-11-14-17(16)12-8-7-9-13-17/h16,18H,2-15H2,1H3. The molecule has 0 aliphatic heterocycles. The molecule has 0 aromatic rings. The minimum absolute atomic E-state index is 0.750. The summed E-state index contributed by atoms with van der Waals surface area (Å²) in [7, 11) is 0. The summed E-state index contributed by atoms with van der Waals surface area (Å²) in [6.07, 6.45) is 19.0. The maximum Gasteiger partial charge on any atom is 0.0124 e. The second-order valence-electron chi connectivity index (χ2n) is 6.74. The summed E-state index contributed by atoms with van der Waals surface area (Å²) in [5.74, 6) is 0. The van der Waals surface area contributed by atoms with Crippen molar-refractivity contribution in [3.63, 3.8) is 0 Å². The normalized spacial score (nSPS) is 26.2. The van der Waals surface area contributed by atoms with Crippen LogP contribution in [0.3, 0.4) is 0 Å². The van der Waals surface area contributed by atoms with Crippen molar-refractivity contribution in [2.75, 3.05) is 6.54 Å². The zero-order chi connectivity index (χ0) is 12.7. The van der Waals surface area contributed by atoms with Crippen molar-refractivity contribution in [3.8, 4) is 0 Å². The third-order valence-corrected chi connectivity index (χ3v) is 5.44. The van der Waals surface area contributed by atoms with Crippen molar-refractivity contribution < 1.29 is 0 Å². The van der Waals surface area contributed by atoms with E-state index in [1.807, 2.05) is 0 Å². The van der Waals surface area contributed by atoms with E-state index in [0.717, 1.165) is 11.5 Å². The Morgan fingerprint density at radius 1 is 0.889 bits per heavy atom. The first kappa shape index (κ1) is 14.4. The van der Waals surface area contributed by atoms with E-state index in [1.54, 1.807) is 0 Å². The van der Waals surface area contributed by atoms with Crippen molar-refractivity contribution in [3.05, 3.63) is 0 Å². The van der Waals surface area contributed by atoms with Gasteiger partial charge in [0.25, 0.3) is 0 Å². The molecule has 0 saturated heterocycles. The molecule has 1 unspecified atom stereocenters.